The van der Waals surface area contributed by atoms with Gasteiger partial charge in [0.05, 0.1) is 0 Å². The van der Waals surface area contributed by atoms with Gasteiger partial charge in [0.1, 0.15) is 0 Å². The van der Waals surface area contributed by atoms with Crippen molar-refractivity contribution in [2.24, 2.45) is 0 Å². The van der Waals surface area contributed by atoms with Crippen molar-refractivity contribution < 1.29 is 92.7 Å². The molecule has 8 heteroatoms. The maximum atomic E-state index is 13.4. The van der Waals surface area contributed by atoms with E-state index in [1.54, 1.807) is 36.4 Å². The van der Waals surface area contributed by atoms with Gasteiger partial charge in [-0.3, -0.25) is 17.3 Å². The largest absolute Gasteiger partial charge is 0.573 e. The molecule has 0 saturated heterocycles. The molecule has 0 N–H and O–H groups in total. The molecule has 0 unspecified atom stereocenters. The predicted octanol–water partition coefficient (Wildman–Crippen LogP) is 4.29. The summed E-state index contributed by atoms with van der Waals surface area (Å²) in [4.78, 5) is 0. The maximum Gasteiger partial charge on any atom is 0.573 e. The normalized spacial score (nSPS) is 9.42. The summed E-state index contributed by atoms with van der Waals surface area (Å²) < 4.78 is 53.0. The van der Waals surface area contributed by atoms with E-state index in [9.17, 15) is 17.3 Å². The third-order valence-electron chi connectivity index (χ3n) is 3.41. The molecule has 0 saturated carbocycles. The van der Waals surface area contributed by atoms with Crippen LogP contribution in [-0.4, -0.2) is 14.5 Å². The fraction of sp³-hybridized carbons (Fsp3) is 0.125. The molecule has 3 aromatic carbocycles. The number of fused-ring (bicyclic) bond motifs is 2. The van der Waals surface area contributed by atoms with E-state index in [1.807, 2.05) is 13.8 Å². The van der Waals surface area contributed by atoms with E-state index < -0.39 is 14.5 Å². The van der Waals surface area contributed by atoms with Crippen LogP contribution in [0.25, 0.3) is 21.5 Å². The Labute approximate surface area is 199 Å². The van der Waals surface area contributed by atoms with Gasteiger partial charge in [0, 0.05) is 80.9 Å². The zero-order chi connectivity index (χ0) is 16.3. The van der Waals surface area contributed by atoms with Crippen molar-refractivity contribution in [2.45, 2.75) is 13.8 Å². The molecule has 0 bridgehead atoms. The van der Waals surface area contributed by atoms with Gasteiger partial charge in [-0.1, -0.05) is 56.3 Å². The molecular formula is C16H14Ar2B2F4. The minimum atomic E-state index is -2.80. The van der Waals surface area contributed by atoms with Gasteiger partial charge >= 0.3 is 14.5 Å². The van der Waals surface area contributed by atoms with E-state index in [4.69, 9.17) is 0 Å². The molecule has 0 amide bonds. The van der Waals surface area contributed by atoms with Crippen LogP contribution in [0.2, 0.25) is 0 Å². The van der Waals surface area contributed by atoms with Crippen LogP contribution in [0.4, 0.5) is 17.3 Å². The van der Waals surface area contributed by atoms with Crippen LogP contribution in [0, 0.1) is 75.5 Å². The molecule has 24 heavy (non-hydrogen) atoms. The first-order valence-corrected chi connectivity index (χ1v) is 7.10. The van der Waals surface area contributed by atoms with Gasteiger partial charge in [-0.2, -0.15) is 0 Å². The Balaban J connectivity index is 0.00000128. The third-order valence-corrected chi connectivity index (χ3v) is 3.41. The topological polar surface area (TPSA) is 0 Å². The molecule has 0 heterocycles. The Bertz CT molecular complexity index is 797. The number of halogens is 4. The van der Waals surface area contributed by atoms with Gasteiger partial charge in [-0.15, -0.1) is 0 Å². The molecule has 0 fully saturated rings. The number of hydrogen-bond donors (Lipinski definition) is 0. The summed E-state index contributed by atoms with van der Waals surface area (Å²) in [5.74, 6) is 0. The molecule has 0 aliphatic heterocycles. The smallest absolute Gasteiger partial charge is 0.281 e. The van der Waals surface area contributed by atoms with E-state index in [0.717, 1.165) is 0 Å². The average Bonchev–Trinajstić information content (AvgIpc) is 2.53. The van der Waals surface area contributed by atoms with E-state index >= 15 is 0 Å². The summed E-state index contributed by atoms with van der Waals surface area (Å²) in [5.41, 5.74) is -0.655. The Morgan fingerprint density at radius 3 is 1.88 bits per heavy atom. The molecule has 0 radical (unpaired) electrons. The van der Waals surface area contributed by atoms with Crippen LogP contribution in [0.3, 0.4) is 0 Å². The first kappa shape index (κ1) is 24.5. The number of rotatable bonds is 2. The monoisotopic (exact) mass is 384 g/mol. The minimum absolute atomic E-state index is 0. The van der Waals surface area contributed by atoms with Gasteiger partial charge in [0.2, 0.25) is 0 Å². The van der Waals surface area contributed by atoms with Crippen molar-refractivity contribution >= 4 is 47.0 Å². The van der Waals surface area contributed by atoms with Crippen LogP contribution >= 0.6 is 0 Å². The molecule has 0 aliphatic rings. The van der Waals surface area contributed by atoms with Crippen LogP contribution in [0.15, 0.2) is 48.5 Å². The standard InChI is InChI=1S/C14H8B2F4.C2H6.2Ar/c17-15(18)12-7-3-5-10-8-9-4-1-2-6-11(9)14(13(10)12)16(19)20;1-2;;/h1-8H;1-2H3;;. The molecule has 0 aromatic heterocycles. The molecule has 0 aliphatic carbocycles. The molecule has 3 rings (SSSR count). The fourth-order valence-corrected chi connectivity index (χ4v) is 2.60. The first-order chi connectivity index (χ1) is 10.6. The van der Waals surface area contributed by atoms with Crippen molar-refractivity contribution in [3.8, 4) is 0 Å². The van der Waals surface area contributed by atoms with Crippen molar-refractivity contribution in [3.05, 3.63) is 48.5 Å². The molecule has 0 nitrogen and oxygen atoms in total. The second-order valence-corrected chi connectivity index (χ2v) is 4.56. The van der Waals surface area contributed by atoms with Gasteiger partial charge < -0.3 is 0 Å². The number of hydrogen-bond acceptors (Lipinski definition) is 0. The summed E-state index contributed by atoms with van der Waals surface area (Å²) in [7, 11) is -5.58. The van der Waals surface area contributed by atoms with Crippen molar-refractivity contribution in [1.29, 1.82) is 0 Å². The zero-order valence-electron chi connectivity index (χ0n) is 13.0. The van der Waals surface area contributed by atoms with E-state index in [-0.39, 0.29) is 91.8 Å². The summed E-state index contributed by atoms with van der Waals surface area (Å²) in [6, 6.07) is 12.5. The Morgan fingerprint density at radius 1 is 0.708 bits per heavy atom. The second-order valence-electron chi connectivity index (χ2n) is 4.56. The summed E-state index contributed by atoms with van der Waals surface area (Å²) in [6.45, 7) is 4.00. The van der Waals surface area contributed by atoms with E-state index in [2.05, 4.69) is 0 Å². The Morgan fingerprint density at radius 2 is 1.29 bits per heavy atom. The van der Waals surface area contributed by atoms with Crippen molar-refractivity contribution in [2.75, 3.05) is 0 Å². The quantitative estimate of drug-likeness (QED) is 0.352. The maximum absolute atomic E-state index is 13.4. The SMILES string of the molecule is CC.FB(F)c1cccc2cc3ccccc3c(B(F)F)c12.[Ar].[Ar]. The summed E-state index contributed by atoms with van der Waals surface area (Å²) in [6.07, 6.45) is 0. The van der Waals surface area contributed by atoms with Crippen LogP contribution < -0.4 is 10.9 Å². The van der Waals surface area contributed by atoms with Gasteiger partial charge in [0.25, 0.3) is 0 Å². The Kier molecular flexibility index (Phi) is 11.6. The summed E-state index contributed by atoms with van der Waals surface area (Å²) >= 11 is 0. The number of benzene rings is 3. The predicted molar refractivity (Wildman–Crippen MR) is 88.0 cm³/mol. The van der Waals surface area contributed by atoms with Crippen LogP contribution in [0.5, 0.6) is 0 Å². The van der Waals surface area contributed by atoms with Crippen LogP contribution in [-0.2, 0) is 0 Å². The Hall–Kier alpha value is 0.549. The molecule has 3 aromatic rings. The minimum Gasteiger partial charge on any atom is -0.281 e. The molecule has 0 spiro atoms. The van der Waals surface area contributed by atoms with Gasteiger partial charge in [-0.05, 0) is 33.1 Å². The van der Waals surface area contributed by atoms with Crippen molar-refractivity contribution in [3.63, 3.8) is 0 Å². The third kappa shape index (κ3) is 5.05. The first-order valence-electron chi connectivity index (χ1n) is 7.10. The van der Waals surface area contributed by atoms with Gasteiger partial charge in [-0.25, -0.2) is 0 Å². The molecule has 0 atom stereocenters. The summed E-state index contributed by atoms with van der Waals surface area (Å²) in [5, 5.41) is 1.33. The van der Waals surface area contributed by atoms with E-state index in [0.29, 0.717) is 16.2 Å². The zero-order valence-corrected chi connectivity index (χ0v) is 14.4. The van der Waals surface area contributed by atoms with Crippen LogP contribution in [0.1, 0.15) is 13.8 Å². The fourth-order valence-electron chi connectivity index (χ4n) is 2.60. The van der Waals surface area contributed by atoms with E-state index in [1.165, 1.54) is 12.1 Å². The molecular weight excluding hydrogens is 370 g/mol. The second kappa shape index (κ2) is 11.3. The average molecular weight is 384 g/mol. The van der Waals surface area contributed by atoms with Crippen molar-refractivity contribution in [1.82, 2.24) is 0 Å². The molecule has 128 valence electrons. The van der Waals surface area contributed by atoms with Gasteiger partial charge in [0.15, 0.2) is 0 Å².